The number of carbonyl (C=O) groups excluding carboxylic acids is 2. The lowest BCUT2D eigenvalue weighted by molar-refractivity contribution is 0.0711. The number of hydrogen-bond donors (Lipinski definition) is 2. The Morgan fingerprint density at radius 3 is 2.71 bits per heavy atom. The van der Waals surface area contributed by atoms with Gasteiger partial charge in [0.25, 0.3) is 5.91 Å². The molecule has 2 amide bonds. The number of amides is 2. The molecule has 0 spiro atoms. The van der Waals surface area contributed by atoms with Gasteiger partial charge in [0.1, 0.15) is 0 Å². The number of rotatable bonds is 3. The molecule has 0 aromatic heterocycles. The van der Waals surface area contributed by atoms with E-state index < -0.39 is 5.91 Å². The Kier molecular flexibility index (Phi) is 3.92. The molecule has 2 unspecified atom stereocenters. The van der Waals surface area contributed by atoms with Gasteiger partial charge >= 0.3 is 0 Å². The highest BCUT2D eigenvalue weighted by Crippen LogP contribution is 2.26. The Labute approximate surface area is 124 Å². The quantitative estimate of drug-likeness (QED) is 0.875. The van der Waals surface area contributed by atoms with E-state index in [1.165, 1.54) is 6.42 Å². The van der Waals surface area contributed by atoms with Crippen LogP contribution in [0.3, 0.4) is 0 Å². The fraction of sp³-hybridized carbons (Fsp3) is 0.500. The van der Waals surface area contributed by atoms with Gasteiger partial charge in [-0.3, -0.25) is 9.59 Å². The first kappa shape index (κ1) is 14.1. The SMILES string of the molecule is NC(=O)c1cccc(C(=O)N2CCCC2C2CCCN2)c1. The molecule has 2 saturated heterocycles. The van der Waals surface area contributed by atoms with Gasteiger partial charge in [-0.2, -0.15) is 0 Å². The van der Waals surface area contributed by atoms with E-state index in [1.54, 1.807) is 24.3 Å². The molecule has 112 valence electrons. The van der Waals surface area contributed by atoms with Crippen molar-refractivity contribution in [3.8, 4) is 0 Å². The number of primary amides is 1. The highest BCUT2D eigenvalue weighted by Gasteiger charge is 2.36. The van der Waals surface area contributed by atoms with Gasteiger partial charge in [0.05, 0.1) is 0 Å². The zero-order valence-corrected chi connectivity index (χ0v) is 12.0. The lowest BCUT2D eigenvalue weighted by Gasteiger charge is -2.29. The minimum atomic E-state index is -0.500. The molecule has 2 aliphatic heterocycles. The largest absolute Gasteiger partial charge is 0.366 e. The van der Waals surface area contributed by atoms with Gasteiger partial charge in [0.15, 0.2) is 0 Å². The van der Waals surface area contributed by atoms with Gasteiger partial charge in [0, 0.05) is 29.8 Å². The van der Waals surface area contributed by atoms with Gasteiger partial charge in [-0.05, 0) is 50.4 Å². The molecule has 0 saturated carbocycles. The highest BCUT2D eigenvalue weighted by atomic mass is 16.2. The predicted octanol–water partition coefficient (Wildman–Crippen LogP) is 1.14. The van der Waals surface area contributed by atoms with Crippen LogP contribution in [0.5, 0.6) is 0 Å². The van der Waals surface area contributed by atoms with Crippen molar-refractivity contribution < 1.29 is 9.59 Å². The smallest absolute Gasteiger partial charge is 0.254 e. The van der Waals surface area contributed by atoms with Crippen LogP contribution in [0.4, 0.5) is 0 Å². The summed E-state index contributed by atoms with van der Waals surface area (Å²) in [5, 5.41) is 3.50. The Morgan fingerprint density at radius 2 is 2.00 bits per heavy atom. The lowest BCUT2D eigenvalue weighted by Crippen LogP contribution is -2.46. The van der Waals surface area contributed by atoms with Crippen molar-refractivity contribution in [2.24, 2.45) is 5.73 Å². The third kappa shape index (κ3) is 2.78. The van der Waals surface area contributed by atoms with Crippen molar-refractivity contribution in [3.05, 3.63) is 35.4 Å². The topological polar surface area (TPSA) is 75.4 Å². The van der Waals surface area contributed by atoms with E-state index in [1.807, 2.05) is 4.90 Å². The van der Waals surface area contributed by atoms with E-state index in [9.17, 15) is 9.59 Å². The number of benzene rings is 1. The van der Waals surface area contributed by atoms with Crippen molar-refractivity contribution in [3.63, 3.8) is 0 Å². The molecule has 2 fully saturated rings. The number of nitrogens with zero attached hydrogens (tertiary/aromatic N) is 1. The molecule has 1 aromatic carbocycles. The van der Waals surface area contributed by atoms with E-state index in [0.29, 0.717) is 17.2 Å². The Balaban J connectivity index is 1.80. The summed E-state index contributed by atoms with van der Waals surface area (Å²) in [6.45, 7) is 1.84. The highest BCUT2D eigenvalue weighted by molar-refractivity contribution is 5.99. The molecule has 3 N–H and O–H groups in total. The first-order valence-electron chi connectivity index (χ1n) is 7.61. The molecule has 5 nitrogen and oxygen atoms in total. The van der Waals surface area contributed by atoms with Gasteiger partial charge in [-0.25, -0.2) is 0 Å². The van der Waals surface area contributed by atoms with Crippen LogP contribution in [0.1, 0.15) is 46.4 Å². The summed E-state index contributed by atoms with van der Waals surface area (Å²) in [4.78, 5) is 26.0. The Morgan fingerprint density at radius 1 is 1.19 bits per heavy atom. The molecule has 5 heteroatoms. The molecule has 2 aliphatic rings. The van der Waals surface area contributed by atoms with Crippen LogP contribution >= 0.6 is 0 Å². The summed E-state index contributed by atoms with van der Waals surface area (Å²) >= 11 is 0. The monoisotopic (exact) mass is 287 g/mol. The van der Waals surface area contributed by atoms with Crippen LogP contribution in [0, 0.1) is 0 Å². The molecular formula is C16H21N3O2. The van der Waals surface area contributed by atoms with Crippen molar-refractivity contribution in [1.82, 2.24) is 10.2 Å². The van der Waals surface area contributed by atoms with Gasteiger partial charge in [-0.15, -0.1) is 0 Å². The summed E-state index contributed by atoms with van der Waals surface area (Å²) in [7, 11) is 0. The number of carbonyl (C=O) groups is 2. The maximum absolute atomic E-state index is 12.7. The maximum Gasteiger partial charge on any atom is 0.254 e. The van der Waals surface area contributed by atoms with Crippen LogP contribution < -0.4 is 11.1 Å². The second kappa shape index (κ2) is 5.85. The maximum atomic E-state index is 12.7. The fourth-order valence-electron chi connectivity index (χ4n) is 3.47. The summed E-state index contributed by atoms with van der Waals surface area (Å²) in [5.41, 5.74) is 6.23. The summed E-state index contributed by atoms with van der Waals surface area (Å²) in [6, 6.07) is 7.40. The van der Waals surface area contributed by atoms with Gasteiger partial charge in [-0.1, -0.05) is 6.07 Å². The third-order valence-corrected chi connectivity index (χ3v) is 4.52. The van der Waals surface area contributed by atoms with E-state index in [2.05, 4.69) is 5.32 Å². The van der Waals surface area contributed by atoms with Crippen molar-refractivity contribution >= 4 is 11.8 Å². The van der Waals surface area contributed by atoms with Crippen molar-refractivity contribution in [2.45, 2.75) is 37.8 Å². The molecule has 0 radical (unpaired) electrons. The number of hydrogen-bond acceptors (Lipinski definition) is 3. The van der Waals surface area contributed by atoms with E-state index in [0.717, 1.165) is 32.4 Å². The molecular weight excluding hydrogens is 266 g/mol. The van der Waals surface area contributed by atoms with Crippen molar-refractivity contribution in [2.75, 3.05) is 13.1 Å². The number of likely N-dealkylation sites (tertiary alicyclic amines) is 1. The summed E-state index contributed by atoms with van der Waals surface area (Å²) in [6.07, 6.45) is 4.42. The molecule has 2 heterocycles. The predicted molar refractivity (Wildman–Crippen MR) is 80.0 cm³/mol. The first-order valence-corrected chi connectivity index (χ1v) is 7.61. The third-order valence-electron chi connectivity index (χ3n) is 4.52. The van der Waals surface area contributed by atoms with Gasteiger partial charge < -0.3 is 16.0 Å². The van der Waals surface area contributed by atoms with Gasteiger partial charge in [0.2, 0.25) is 5.91 Å². The van der Waals surface area contributed by atoms with Crippen LogP contribution in [0.15, 0.2) is 24.3 Å². The fourth-order valence-corrected chi connectivity index (χ4v) is 3.47. The molecule has 0 bridgehead atoms. The number of nitrogens with one attached hydrogen (secondary N) is 1. The molecule has 3 rings (SSSR count). The second-order valence-corrected chi connectivity index (χ2v) is 5.86. The first-order chi connectivity index (χ1) is 10.2. The minimum absolute atomic E-state index is 0.00861. The average molecular weight is 287 g/mol. The molecule has 0 aliphatic carbocycles. The second-order valence-electron chi connectivity index (χ2n) is 5.86. The normalized spacial score (nSPS) is 25.2. The van der Waals surface area contributed by atoms with Crippen LogP contribution in [0.25, 0.3) is 0 Å². The Hall–Kier alpha value is -1.88. The lowest BCUT2D eigenvalue weighted by atomic mass is 10.0. The van der Waals surface area contributed by atoms with Crippen LogP contribution in [0.2, 0.25) is 0 Å². The standard InChI is InChI=1S/C16H21N3O2/c17-15(20)11-4-1-5-12(10-11)16(21)19-9-3-7-14(19)13-6-2-8-18-13/h1,4-5,10,13-14,18H,2-3,6-9H2,(H2,17,20). The van der Waals surface area contributed by atoms with E-state index in [4.69, 9.17) is 5.73 Å². The average Bonchev–Trinajstić information content (AvgIpc) is 3.17. The zero-order valence-electron chi connectivity index (χ0n) is 12.0. The zero-order chi connectivity index (χ0) is 14.8. The summed E-state index contributed by atoms with van der Waals surface area (Å²) in [5.74, 6) is -0.491. The van der Waals surface area contributed by atoms with E-state index in [-0.39, 0.29) is 11.9 Å². The Bertz CT molecular complexity index is 552. The molecule has 2 atom stereocenters. The molecule has 21 heavy (non-hydrogen) atoms. The summed E-state index contributed by atoms with van der Waals surface area (Å²) < 4.78 is 0. The van der Waals surface area contributed by atoms with Crippen LogP contribution in [-0.4, -0.2) is 41.9 Å². The minimum Gasteiger partial charge on any atom is -0.366 e. The molecule has 1 aromatic rings. The van der Waals surface area contributed by atoms with Crippen molar-refractivity contribution in [1.29, 1.82) is 0 Å². The van der Waals surface area contributed by atoms with Crippen LogP contribution in [-0.2, 0) is 0 Å². The van der Waals surface area contributed by atoms with E-state index >= 15 is 0 Å². The number of nitrogens with two attached hydrogens (primary N) is 1.